The molecule has 0 radical (unpaired) electrons. The lowest BCUT2D eigenvalue weighted by molar-refractivity contribution is 0.312. The molecule has 2 aromatic rings. The second-order valence-corrected chi connectivity index (χ2v) is 6.11. The number of hydrogen-bond acceptors (Lipinski definition) is 4. The molecule has 0 aliphatic rings. The van der Waals surface area contributed by atoms with E-state index < -0.39 is 0 Å². The number of rotatable bonds is 6. The molecule has 1 aromatic heterocycles. The van der Waals surface area contributed by atoms with Crippen LogP contribution in [0.5, 0.6) is 5.75 Å². The molecule has 0 aliphatic heterocycles. The zero-order valence-corrected chi connectivity index (χ0v) is 13.3. The van der Waals surface area contributed by atoms with Gasteiger partial charge in [0.1, 0.15) is 10.7 Å². The van der Waals surface area contributed by atoms with Crippen LogP contribution in [-0.4, -0.2) is 24.0 Å². The number of hydrogen-bond donors (Lipinski definition) is 1. The van der Waals surface area contributed by atoms with Gasteiger partial charge in [0.05, 0.1) is 7.11 Å². The van der Waals surface area contributed by atoms with Crippen LogP contribution in [0.2, 0.25) is 0 Å². The van der Waals surface area contributed by atoms with Crippen molar-refractivity contribution in [1.82, 2.24) is 4.90 Å². The lowest BCUT2D eigenvalue weighted by Crippen LogP contribution is -2.18. The van der Waals surface area contributed by atoms with E-state index in [-0.39, 0.29) is 0 Å². The van der Waals surface area contributed by atoms with Crippen molar-refractivity contribution in [2.24, 2.45) is 5.73 Å². The number of thiocarbonyl (C=S) groups is 1. The summed E-state index contributed by atoms with van der Waals surface area (Å²) in [6.07, 6.45) is 0. The fourth-order valence-electron chi connectivity index (χ4n) is 2.07. The third-order valence-electron chi connectivity index (χ3n) is 3.01. The van der Waals surface area contributed by atoms with Crippen LogP contribution < -0.4 is 10.5 Å². The predicted molar refractivity (Wildman–Crippen MR) is 88.4 cm³/mol. The van der Waals surface area contributed by atoms with E-state index in [0.29, 0.717) is 4.99 Å². The maximum atomic E-state index is 5.69. The van der Waals surface area contributed by atoms with Gasteiger partial charge in [-0.15, -0.1) is 11.3 Å². The van der Waals surface area contributed by atoms with Gasteiger partial charge in [0, 0.05) is 29.1 Å². The first-order chi connectivity index (χ1) is 9.60. The smallest absolute Gasteiger partial charge is 0.123 e. The highest BCUT2D eigenvalue weighted by Gasteiger charge is 2.09. The molecule has 0 fully saturated rings. The van der Waals surface area contributed by atoms with Crippen molar-refractivity contribution >= 4 is 28.5 Å². The van der Waals surface area contributed by atoms with E-state index in [2.05, 4.69) is 29.5 Å². The maximum Gasteiger partial charge on any atom is 0.123 e. The Bertz CT molecular complexity index is 582. The van der Waals surface area contributed by atoms with Gasteiger partial charge < -0.3 is 10.5 Å². The van der Waals surface area contributed by atoms with Gasteiger partial charge in [0.15, 0.2) is 0 Å². The maximum absolute atomic E-state index is 5.69. The molecule has 1 aromatic carbocycles. The Morgan fingerprint density at radius 2 is 2.15 bits per heavy atom. The molecule has 2 N–H and O–H groups in total. The van der Waals surface area contributed by atoms with Crippen LogP contribution in [-0.2, 0) is 13.1 Å². The van der Waals surface area contributed by atoms with E-state index in [1.165, 1.54) is 4.88 Å². The summed E-state index contributed by atoms with van der Waals surface area (Å²) in [5, 5.41) is 2.09. The van der Waals surface area contributed by atoms with E-state index in [4.69, 9.17) is 22.7 Å². The Kier molecular flexibility index (Phi) is 5.11. The molecule has 0 bridgehead atoms. The summed E-state index contributed by atoms with van der Waals surface area (Å²) < 4.78 is 5.41. The first-order valence-electron chi connectivity index (χ1n) is 6.28. The fourth-order valence-corrected chi connectivity index (χ4v) is 2.98. The van der Waals surface area contributed by atoms with E-state index in [1.54, 1.807) is 18.4 Å². The first kappa shape index (κ1) is 15.0. The Balaban J connectivity index is 2.14. The van der Waals surface area contributed by atoms with Gasteiger partial charge in [-0.3, -0.25) is 4.90 Å². The Morgan fingerprint density at radius 1 is 1.35 bits per heavy atom. The zero-order chi connectivity index (χ0) is 14.5. The molecule has 0 atom stereocenters. The molecule has 0 unspecified atom stereocenters. The second kappa shape index (κ2) is 6.83. The molecule has 5 heteroatoms. The first-order valence-corrected chi connectivity index (χ1v) is 7.56. The van der Waals surface area contributed by atoms with Crippen LogP contribution in [0.3, 0.4) is 0 Å². The van der Waals surface area contributed by atoms with Crippen molar-refractivity contribution in [3.05, 3.63) is 51.7 Å². The molecule has 0 spiro atoms. The average Bonchev–Trinajstić information content (AvgIpc) is 2.91. The molecule has 3 nitrogen and oxygen atoms in total. The SMILES string of the molecule is COc1ccc(C(N)=S)cc1CN(C)Cc1cccs1. The fraction of sp³-hybridized carbons (Fsp3) is 0.267. The van der Waals surface area contributed by atoms with Gasteiger partial charge in [-0.25, -0.2) is 0 Å². The van der Waals surface area contributed by atoms with E-state index >= 15 is 0 Å². The highest BCUT2D eigenvalue weighted by atomic mass is 32.1. The predicted octanol–water partition coefficient (Wildman–Crippen LogP) is 3.02. The third kappa shape index (κ3) is 3.79. The normalized spacial score (nSPS) is 10.8. The molecule has 2 rings (SSSR count). The summed E-state index contributed by atoms with van der Waals surface area (Å²) >= 11 is 6.80. The van der Waals surface area contributed by atoms with E-state index in [0.717, 1.165) is 30.0 Å². The summed E-state index contributed by atoms with van der Waals surface area (Å²) in [5.74, 6) is 0.864. The molecule has 20 heavy (non-hydrogen) atoms. The summed E-state index contributed by atoms with van der Waals surface area (Å²) in [7, 11) is 3.77. The molecule has 0 aliphatic carbocycles. The summed E-state index contributed by atoms with van der Waals surface area (Å²) in [4.78, 5) is 4.00. The topological polar surface area (TPSA) is 38.5 Å². The number of methoxy groups -OCH3 is 1. The number of thiophene rings is 1. The van der Waals surface area contributed by atoms with Crippen LogP contribution in [0.4, 0.5) is 0 Å². The number of benzene rings is 1. The second-order valence-electron chi connectivity index (χ2n) is 4.64. The van der Waals surface area contributed by atoms with Gasteiger partial charge in [0.25, 0.3) is 0 Å². The van der Waals surface area contributed by atoms with Crippen molar-refractivity contribution in [2.75, 3.05) is 14.2 Å². The van der Waals surface area contributed by atoms with Crippen molar-refractivity contribution < 1.29 is 4.74 Å². The average molecular weight is 306 g/mol. The summed E-state index contributed by atoms with van der Waals surface area (Å²) in [6.45, 7) is 1.70. The lowest BCUT2D eigenvalue weighted by Gasteiger charge is -2.18. The monoisotopic (exact) mass is 306 g/mol. The Labute approximate surface area is 129 Å². The number of nitrogens with zero attached hydrogens (tertiary/aromatic N) is 1. The van der Waals surface area contributed by atoms with Crippen LogP contribution in [0, 0.1) is 0 Å². The van der Waals surface area contributed by atoms with Crippen LogP contribution in [0.15, 0.2) is 35.7 Å². The minimum atomic E-state index is 0.412. The minimum Gasteiger partial charge on any atom is -0.496 e. The van der Waals surface area contributed by atoms with E-state index in [9.17, 15) is 0 Å². The van der Waals surface area contributed by atoms with Gasteiger partial charge in [-0.1, -0.05) is 18.3 Å². The van der Waals surface area contributed by atoms with Crippen molar-refractivity contribution in [2.45, 2.75) is 13.1 Å². The third-order valence-corrected chi connectivity index (χ3v) is 4.11. The Morgan fingerprint density at radius 3 is 2.75 bits per heavy atom. The standard InChI is InChI=1S/C15H18N2OS2/c1-17(10-13-4-3-7-20-13)9-12-8-11(15(16)19)5-6-14(12)18-2/h3-8H,9-10H2,1-2H3,(H2,16,19). The molecule has 0 amide bonds. The number of nitrogens with two attached hydrogens (primary N) is 1. The highest BCUT2D eigenvalue weighted by Crippen LogP contribution is 2.22. The molecule has 0 saturated carbocycles. The van der Waals surface area contributed by atoms with Crippen LogP contribution in [0.25, 0.3) is 0 Å². The highest BCUT2D eigenvalue weighted by molar-refractivity contribution is 7.80. The molecule has 1 heterocycles. The van der Waals surface area contributed by atoms with Gasteiger partial charge in [-0.05, 0) is 36.7 Å². The van der Waals surface area contributed by atoms with Crippen molar-refractivity contribution in [3.8, 4) is 5.75 Å². The summed E-state index contributed by atoms with van der Waals surface area (Å²) in [5.41, 5.74) is 7.66. The van der Waals surface area contributed by atoms with Gasteiger partial charge in [0.2, 0.25) is 0 Å². The van der Waals surface area contributed by atoms with Crippen molar-refractivity contribution in [3.63, 3.8) is 0 Å². The Hall–Kier alpha value is -1.43. The lowest BCUT2D eigenvalue weighted by atomic mass is 10.1. The molecule has 0 saturated heterocycles. The quantitative estimate of drug-likeness (QED) is 0.833. The van der Waals surface area contributed by atoms with Crippen LogP contribution >= 0.6 is 23.6 Å². The largest absolute Gasteiger partial charge is 0.496 e. The molecule has 106 valence electrons. The minimum absolute atomic E-state index is 0.412. The van der Waals surface area contributed by atoms with Gasteiger partial charge >= 0.3 is 0 Å². The van der Waals surface area contributed by atoms with Gasteiger partial charge in [-0.2, -0.15) is 0 Å². The van der Waals surface area contributed by atoms with E-state index in [1.807, 2.05) is 18.2 Å². The number of ether oxygens (including phenoxy) is 1. The zero-order valence-electron chi connectivity index (χ0n) is 11.6. The summed E-state index contributed by atoms with van der Waals surface area (Å²) in [6, 6.07) is 10.0. The van der Waals surface area contributed by atoms with Crippen LogP contribution in [0.1, 0.15) is 16.0 Å². The van der Waals surface area contributed by atoms with Crippen molar-refractivity contribution in [1.29, 1.82) is 0 Å². The molecular weight excluding hydrogens is 288 g/mol. The molecular formula is C15H18N2OS2.